The Morgan fingerprint density at radius 3 is 2.50 bits per heavy atom. The van der Waals surface area contributed by atoms with E-state index < -0.39 is 0 Å². The number of hydrogen-bond donors (Lipinski definition) is 1. The molecule has 2 fully saturated rings. The molecule has 0 radical (unpaired) electrons. The number of ether oxygens (including phenoxy) is 1. The van der Waals surface area contributed by atoms with Crippen molar-refractivity contribution < 1.29 is 14.0 Å². The highest BCUT2D eigenvalue weighted by atomic mass is 16.7. The third kappa shape index (κ3) is 3.14. The van der Waals surface area contributed by atoms with Crippen LogP contribution in [0.2, 0.25) is 0 Å². The lowest BCUT2D eigenvalue weighted by molar-refractivity contribution is 0.00578. The predicted molar refractivity (Wildman–Crippen MR) is 87.4 cm³/mol. The molecule has 0 amide bonds. The summed E-state index contributed by atoms with van der Waals surface area (Å²) < 4.78 is 17.7. The lowest BCUT2D eigenvalue weighted by atomic mass is 9.80. The van der Waals surface area contributed by atoms with E-state index >= 15 is 0 Å². The van der Waals surface area contributed by atoms with Crippen molar-refractivity contribution in [2.45, 2.75) is 57.8 Å². The SMILES string of the molecule is CC1(C)OB(c2ccc(NC[C@H]3CCCO3)nc2)OC1(C)C. The zero-order chi connectivity index (χ0) is 15.8. The Labute approximate surface area is 132 Å². The first-order valence-electron chi connectivity index (χ1n) is 8.04. The molecule has 0 aromatic carbocycles. The standard InChI is InChI=1S/C16H25BN2O3/c1-15(2)16(3,4)22-17(21-15)12-7-8-14(18-10-12)19-11-13-6-5-9-20-13/h7-8,10,13H,5-6,9,11H2,1-4H3,(H,18,19)/t13-/m1/s1. The molecule has 3 heterocycles. The van der Waals surface area contributed by atoms with Gasteiger partial charge in [-0.05, 0) is 46.6 Å². The van der Waals surface area contributed by atoms with Crippen molar-refractivity contribution in [2.75, 3.05) is 18.5 Å². The van der Waals surface area contributed by atoms with E-state index in [9.17, 15) is 0 Å². The van der Waals surface area contributed by atoms with Gasteiger partial charge in [0, 0.05) is 24.8 Å². The van der Waals surface area contributed by atoms with Crippen molar-refractivity contribution in [2.24, 2.45) is 0 Å². The van der Waals surface area contributed by atoms with Crippen LogP contribution in [0.5, 0.6) is 0 Å². The van der Waals surface area contributed by atoms with Crippen LogP contribution in [0.1, 0.15) is 40.5 Å². The lowest BCUT2D eigenvalue weighted by Crippen LogP contribution is -2.41. The molecule has 0 saturated carbocycles. The molecule has 3 rings (SSSR count). The molecule has 2 aliphatic heterocycles. The van der Waals surface area contributed by atoms with Crippen molar-refractivity contribution in [3.63, 3.8) is 0 Å². The number of anilines is 1. The number of nitrogens with zero attached hydrogens (tertiary/aromatic N) is 1. The molecule has 1 aromatic heterocycles. The maximum atomic E-state index is 6.03. The highest BCUT2D eigenvalue weighted by Crippen LogP contribution is 2.36. The number of aromatic nitrogens is 1. The summed E-state index contributed by atoms with van der Waals surface area (Å²) in [6, 6.07) is 3.97. The average Bonchev–Trinajstić information content (AvgIpc) is 3.04. The molecule has 0 unspecified atom stereocenters. The van der Waals surface area contributed by atoms with Crippen LogP contribution in [0.3, 0.4) is 0 Å². The first-order chi connectivity index (χ1) is 10.4. The Hall–Kier alpha value is -1.11. The van der Waals surface area contributed by atoms with Gasteiger partial charge in [0.1, 0.15) is 5.82 Å². The summed E-state index contributed by atoms with van der Waals surface area (Å²) in [4.78, 5) is 4.45. The number of hydrogen-bond acceptors (Lipinski definition) is 5. The minimum Gasteiger partial charge on any atom is -0.399 e. The van der Waals surface area contributed by atoms with Crippen molar-refractivity contribution >= 4 is 18.4 Å². The van der Waals surface area contributed by atoms with Gasteiger partial charge in [-0.1, -0.05) is 6.07 Å². The van der Waals surface area contributed by atoms with Crippen LogP contribution in [0.25, 0.3) is 0 Å². The van der Waals surface area contributed by atoms with Gasteiger partial charge in [-0.25, -0.2) is 4.98 Å². The summed E-state index contributed by atoms with van der Waals surface area (Å²) in [6.07, 6.45) is 4.41. The highest BCUT2D eigenvalue weighted by Gasteiger charge is 2.51. The molecule has 2 aliphatic rings. The Kier molecular flexibility index (Phi) is 4.18. The normalized spacial score (nSPS) is 26.4. The molecular weight excluding hydrogens is 279 g/mol. The van der Waals surface area contributed by atoms with E-state index in [1.165, 1.54) is 0 Å². The molecule has 0 bridgehead atoms. The van der Waals surface area contributed by atoms with Crippen molar-refractivity contribution in [1.29, 1.82) is 0 Å². The van der Waals surface area contributed by atoms with Gasteiger partial charge in [-0.3, -0.25) is 0 Å². The summed E-state index contributed by atoms with van der Waals surface area (Å²) in [6.45, 7) is 9.90. The second kappa shape index (κ2) is 5.83. The first-order valence-corrected chi connectivity index (χ1v) is 8.04. The monoisotopic (exact) mass is 304 g/mol. The highest BCUT2D eigenvalue weighted by molar-refractivity contribution is 6.62. The van der Waals surface area contributed by atoms with Gasteiger partial charge in [0.25, 0.3) is 0 Å². The number of pyridine rings is 1. The van der Waals surface area contributed by atoms with Crippen LogP contribution in [0.15, 0.2) is 18.3 Å². The molecule has 0 aliphatic carbocycles. The lowest BCUT2D eigenvalue weighted by Gasteiger charge is -2.32. The summed E-state index contributed by atoms with van der Waals surface area (Å²) in [7, 11) is -0.357. The zero-order valence-corrected chi connectivity index (χ0v) is 13.9. The fourth-order valence-corrected chi connectivity index (χ4v) is 2.65. The zero-order valence-electron chi connectivity index (χ0n) is 13.9. The van der Waals surface area contributed by atoms with E-state index in [0.717, 1.165) is 37.3 Å². The maximum Gasteiger partial charge on any atom is 0.496 e. The molecule has 1 N–H and O–H groups in total. The smallest absolute Gasteiger partial charge is 0.399 e. The Bertz CT molecular complexity index is 497. The topological polar surface area (TPSA) is 52.6 Å². The van der Waals surface area contributed by atoms with Crippen LogP contribution in [0, 0.1) is 0 Å². The second-order valence-electron chi connectivity index (χ2n) is 7.08. The first kappa shape index (κ1) is 15.8. The quantitative estimate of drug-likeness (QED) is 0.862. The molecule has 120 valence electrons. The van der Waals surface area contributed by atoms with E-state index in [0.29, 0.717) is 6.10 Å². The van der Waals surface area contributed by atoms with Crippen LogP contribution in [-0.2, 0) is 14.0 Å². The van der Waals surface area contributed by atoms with E-state index in [2.05, 4.69) is 38.0 Å². The van der Waals surface area contributed by atoms with Gasteiger partial charge in [0.2, 0.25) is 0 Å². The summed E-state index contributed by atoms with van der Waals surface area (Å²) >= 11 is 0. The fourth-order valence-electron chi connectivity index (χ4n) is 2.65. The Morgan fingerprint density at radius 1 is 1.23 bits per heavy atom. The van der Waals surface area contributed by atoms with Gasteiger partial charge in [0.15, 0.2) is 0 Å². The van der Waals surface area contributed by atoms with Gasteiger partial charge < -0.3 is 19.4 Å². The van der Waals surface area contributed by atoms with E-state index in [4.69, 9.17) is 14.0 Å². The molecule has 22 heavy (non-hydrogen) atoms. The van der Waals surface area contributed by atoms with Crippen molar-refractivity contribution in [3.05, 3.63) is 18.3 Å². The average molecular weight is 304 g/mol. The predicted octanol–water partition coefficient (Wildman–Crippen LogP) is 1.97. The molecule has 1 aromatic rings. The molecule has 2 saturated heterocycles. The fraction of sp³-hybridized carbons (Fsp3) is 0.688. The minimum atomic E-state index is -0.357. The molecular formula is C16H25BN2O3. The molecule has 0 spiro atoms. The number of rotatable bonds is 4. The Balaban J connectivity index is 1.60. The van der Waals surface area contributed by atoms with Crippen LogP contribution >= 0.6 is 0 Å². The van der Waals surface area contributed by atoms with Crippen LogP contribution in [0.4, 0.5) is 5.82 Å². The minimum absolute atomic E-state index is 0.310. The summed E-state index contributed by atoms with van der Waals surface area (Å²) in [5.41, 5.74) is 0.296. The van der Waals surface area contributed by atoms with Crippen LogP contribution < -0.4 is 10.8 Å². The number of nitrogens with one attached hydrogen (secondary N) is 1. The van der Waals surface area contributed by atoms with E-state index in [1.54, 1.807) is 0 Å². The molecule has 5 nitrogen and oxygen atoms in total. The van der Waals surface area contributed by atoms with E-state index in [-0.39, 0.29) is 18.3 Å². The Morgan fingerprint density at radius 2 is 1.95 bits per heavy atom. The van der Waals surface area contributed by atoms with Crippen molar-refractivity contribution in [3.8, 4) is 0 Å². The maximum absolute atomic E-state index is 6.03. The third-order valence-electron chi connectivity index (χ3n) is 4.85. The summed E-state index contributed by atoms with van der Waals surface area (Å²) in [5, 5.41) is 3.32. The van der Waals surface area contributed by atoms with Gasteiger partial charge in [0.05, 0.1) is 17.3 Å². The summed E-state index contributed by atoms with van der Waals surface area (Å²) in [5.74, 6) is 0.857. The van der Waals surface area contributed by atoms with Gasteiger partial charge >= 0.3 is 7.12 Å². The van der Waals surface area contributed by atoms with Gasteiger partial charge in [-0.2, -0.15) is 0 Å². The van der Waals surface area contributed by atoms with E-state index in [1.807, 2.05) is 18.3 Å². The third-order valence-corrected chi connectivity index (χ3v) is 4.85. The van der Waals surface area contributed by atoms with Gasteiger partial charge in [-0.15, -0.1) is 0 Å². The van der Waals surface area contributed by atoms with Crippen molar-refractivity contribution in [1.82, 2.24) is 4.98 Å². The molecule has 1 atom stereocenters. The largest absolute Gasteiger partial charge is 0.496 e. The second-order valence-corrected chi connectivity index (χ2v) is 7.08. The molecule has 6 heteroatoms. The van der Waals surface area contributed by atoms with Crippen LogP contribution in [-0.4, -0.2) is 42.6 Å².